The van der Waals surface area contributed by atoms with Crippen LogP contribution in [0.1, 0.15) is 32.5 Å². The van der Waals surface area contributed by atoms with E-state index in [0.717, 1.165) is 0 Å². The largest absolute Gasteiger partial charge is 0.338 e. The van der Waals surface area contributed by atoms with Crippen molar-refractivity contribution >= 4 is 0 Å². The van der Waals surface area contributed by atoms with Gasteiger partial charge in [0.25, 0.3) is 0 Å². The van der Waals surface area contributed by atoms with Gasteiger partial charge in [-0.2, -0.15) is 0 Å². The Morgan fingerprint density at radius 2 is 2.00 bits per heavy atom. The molecule has 0 aromatic carbocycles. The lowest BCUT2D eigenvalue weighted by atomic mass is 9.97. The van der Waals surface area contributed by atoms with Crippen LogP contribution in [0.3, 0.4) is 0 Å². The second-order valence-corrected chi connectivity index (χ2v) is 3.43. The third kappa shape index (κ3) is 1.62. The Kier molecular flexibility index (Phi) is 2.32. The molecule has 1 aromatic rings. The van der Waals surface area contributed by atoms with Crippen LogP contribution in [0.2, 0.25) is 0 Å². The van der Waals surface area contributed by atoms with Gasteiger partial charge in [-0.05, 0) is 5.92 Å². The van der Waals surface area contributed by atoms with Crippen LogP contribution < -0.4 is 0 Å². The Balaban J connectivity index is 2.84. The lowest BCUT2D eigenvalue weighted by Crippen LogP contribution is -2.08. The van der Waals surface area contributed by atoms with Crippen LogP contribution in [-0.2, 0) is 7.05 Å². The Labute approximate surface area is 68.3 Å². The van der Waals surface area contributed by atoms with Crippen molar-refractivity contribution in [2.75, 3.05) is 0 Å². The SMILES string of the molecule is CC(C)[C@H](C)c1nccn1C. The van der Waals surface area contributed by atoms with Crippen LogP contribution in [0.25, 0.3) is 0 Å². The molecule has 0 saturated carbocycles. The van der Waals surface area contributed by atoms with Gasteiger partial charge in [0.1, 0.15) is 5.82 Å². The molecule has 0 fully saturated rings. The molecule has 1 heterocycles. The fraction of sp³-hybridized carbons (Fsp3) is 0.667. The Morgan fingerprint density at radius 1 is 1.36 bits per heavy atom. The van der Waals surface area contributed by atoms with Crippen molar-refractivity contribution in [3.8, 4) is 0 Å². The van der Waals surface area contributed by atoms with E-state index < -0.39 is 0 Å². The number of aryl methyl sites for hydroxylation is 1. The Bertz CT molecular complexity index is 225. The first-order valence-electron chi connectivity index (χ1n) is 4.10. The van der Waals surface area contributed by atoms with E-state index in [1.807, 2.05) is 19.4 Å². The molecule has 0 unspecified atom stereocenters. The van der Waals surface area contributed by atoms with Crippen LogP contribution in [0.5, 0.6) is 0 Å². The molecule has 1 aromatic heterocycles. The van der Waals surface area contributed by atoms with E-state index in [1.165, 1.54) is 5.82 Å². The molecule has 0 aliphatic rings. The number of rotatable bonds is 2. The lowest BCUT2D eigenvalue weighted by Gasteiger charge is -2.14. The maximum absolute atomic E-state index is 4.30. The van der Waals surface area contributed by atoms with Crippen molar-refractivity contribution in [1.82, 2.24) is 9.55 Å². The normalized spacial score (nSPS) is 13.9. The van der Waals surface area contributed by atoms with E-state index in [0.29, 0.717) is 11.8 Å². The summed E-state index contributed by atoms with van der Waals surface area (Å²) in [4.78, 5) is 4.30. The average molecular weight is 152 g/mol. The van der Waals surface area contributed by atoms with E-state index in [1.54, 1.807) is 0 Å². The first-order valence-corrected chi connectivity index (χ1v) is 4.10. The molecule has 0 radical (unpaired) electrons. The number of imidazole rings is 1. The lowest BCUT2D eigenvalue weighted by molar-refractivity contribution is 0.497. The van der Waals surface area contributed by atoms with E-state index in [-0.39, 0.29) is 0 Å². The molecule has 1 rings (SSSR count). The monoisotopic (exact) mass is 152 g/mol. The molecular weight excluding hydrogens is 136 g/mol. The molecule has 2 heteroatoms. The highest BCUT2D eigenvalue weighted by Crippen LogP contribution is 2.20. The molecule has 0 bridgehead atoms. The zero-order chi connectivity index (χ0) is 8.43. The van der Waals surface area contributed by atoms with Gasteiger partial charge in [0.2, 0.25) is 0 Å². The van der Waals surface area contributed by atoms with E-state index in [2.05, 4.69) is 30.3 Å². The summed E-state index contributed by atoms with van der Waals surface area (Å²) in [5.74, 6) is 2.39. The van der Waals surface area contributed by atoms with Gasteiger partial charge in [0.15, 0.2) is 0 Å². The highest BCUT2D eigenvalue weighted by atomic mass is 15.0. The predicted octanol–water partition coefficient (Wildman–Crippen LogP) is 2.18. The third-order valence-corrected chi connectivity index (χ3v) is 2.27. The summed E-state index contributed by atoms with van der Waals surface area (Å²) in [6, 6.07) is 0. The van der Waals surface area contributed by atoms with Gasteiger partial charge in [-0.3, -0.25) is 0 Å². The Morgan fingerprint density at radius 3 is 2.36 bits per heavy atom. The molecule has 2 nitrogen and oxygen atoms in total. The molecular formula is C9H16N2. The van der Waals surface area contributed by atoms with Crippen molar-refractivity contribution in [3.05, 3.63) is 18.2 Å². The summed E-state index contributed by atoms with van der Waals surface area (Å²) in [6.45, 7) is 6.66. The van der Waals surface area contributed by atoms with Gasteiger partial charge in [0.05, 0.1) is 0 Å². The van der Waals surface area contributed by atoms with E-state index >= 15 is 0 Å². The second kappa shape index (κ2) is 3.07. The highest BCUT2D eigenvalue weighted by molar-refractivity contribution is 4.98. The zero-order valence-electron chi connectivity index (χ0n) is 7.70. The van der Waals surface area contributed by atoms with Crippen LogP contribution in [0.15, 0.2) is 12.4 Å². The van der Waals surface area contributed by atoms with Gasteiger partial charge in [0, 0.05) is 25.4 Å². The molecule has 62 valence electrons. The summed E-state index contributed by atoms with van der Waals surface area (Å²) in [5.41, 5.74) is 0. The molecule has 0 spiro atoms. The van der Waals surface area contributed by atoms with Crippen LogP contribution >= 0.6 is 0 Å². The van der Waals surface area contributed by atoms with Crippen molar-refractivity contribution in [2.24, 2.45) is 13.0 Å². The number of nitrogens with zero attached hydrogens (tertiary/aromatic N) is 2. The van der Waals surface area contributed by atoms with Crippen molar-refractivity contribution < 1.29 is 0 Å². The molecule has 0 saturated heterocycles. The minimum Gasteiger partial charge on any atom is -0.338 e. The first kappa shape index (κ1) is 8.31. The van der Waals surface area contributed by atoms with Gasteiger partial charge < -0.3 is 4.57 Å². The zero-order valence-corrected chi connectivity index (χ0v) is 7.70. The molecule has 0 aliphatic carbocycles. The van der Waals surface area contributed by atoms with E-state index in [4.69, 9.17) is 0 Å². The fourth-order valence-electron chi connectivity index (χ4n) is 1.11. The van der Waals surface area contributed by atoms with Gasteiger partial charge in [-0.15, -0.1) is 0 Å². The maximum Gasteiger partial charge on any atom is 0.111 e. The molecule has 0 aliphatic heterocycles. The van der Waals surface area contributed by atoms with Crippen molar-refractivity contribution in [2.45, 2.75) is 26.7 Å². The predicted molar refractivity (Wildman–Crippen MR) is 46.5 cm³/mol. The van der Waals surface area contributed by atoms with Crippen LogP contribution in [-0.4, -0.2) is 9.55 Å². The Hall–Kier alpha value is -0.790. The molecule has 0 N–H and O–H groups in total. The minimum absolute atomic E-state index is 0.551. The average Bonchev–Trinajstić information content (AvgIpc) is 2.33. The highest BCUT2D eigenvalue weighted by Gasteiger charge is 2.13. The maximum atomic E-state index is 4.30. The minimum atomic E-state index is 0.551. The van der Waals surface area contributed by atoms with Crippen molar-refractivity contribution in [3.63, 3.8) is 0 Å². The number of hydrogen-bond donors (Lipinski definition) is 0. The summed E-state index contributed by atoms with van der Waals surface area (Å²) < 4.78 is 2.09. The van der Waals surface area contributed by atoms with Crippen LogP contribution in [0.4, 0.5) is 0 Å². The van der Waals surface area contributed by atoms with Gasteiger partial charge in [-0.25, -0.2) is 4.98 Å². The molecule has 0 amide bonds. The van der Waals surface area contributed by atoms with Crippen molar-refractivity contribution in [1.29, 1.82) is 0 Å². The summed E-state index contributed by atoms with van der Waals surface area (Å²) >= 11 is 0. The van der Waals surface area contributed by atoms with Gasteiger partial charge in [-0.1, -0.05) is 20.8 Å². The van der Waals surface area contributed by atoms with E-state index in [9.17, 15) is 0 Å². The second-order valence-electron chi connectivity index (χ2n) is 3.43. The molecule has 11 heavy (non-hydrogen) atoms. The third-order valence-electron chi connectivity index (χ3n) is 2.27. The first-order chi connectivity index (χ1) is 5.13. The topological polar surface area (TPSA) is 17.8 Å². The fourth-order valence-corrected chi connectivity index (χ4v) is 1.11. The van der Waals surface area contributed by atoms with Crippen LogP contribution in [0, 0.1) is 5.92 Å². The smallest absolute Gasteiger partial charge is 0.111 e. The van der Waals surface area contributed by atoms with Gasteiger partial charge >= 0.3 is 0 Å². The number of hydrogen-bond acceptors (Lipinski definition) is 1. The standard InChI is InChI=1S/C9H16N2/c1-7(2)8(3)9-10-5-6-11(9)4/h5-8H,1-4H3/t8-/m0/s1. The summed E-state index contributed by atoms with van der Waals surface area (Å²) in [5, 5.41) is 0. The summed E-state index contributed by atoms with van der Waals surface area (Å²) in [6.07, 6.45) is 3.85. The quantitative estimate of drug-likeness (QED) is 0.635. The molecule has 1 atom stereocenters. The number of aromatic nitrogens is 2. The summed E-state index contributed by atoms with van der Waals surface area (Å²) in [7, 11) is 2.04.